The summed E-state index contributed by atoms with van der Waals surface area (Å²) in [4.78, 5) is 2.62. The zero-order valence-electron chi connectivity index (χ0n) is 19.1. The minimum absolute atomic E-state index is 0.590. The SMILES string of the molecule is C=CCCCc1ccccc1-c1cccc(CC2C(CC)CCN2C(=C)CCC)c1. The van der Waals surface area contributed by atoms with E-state index in [4.69, 9.17) is 0 Å². The monoisotopic (exact) mass is 401 g/mol. The average Bonchev–Trinajstić information content (AvgIpc) is 3.17. The first-order valence-electron chi connectivity index (χ1n) is 11.9. The van der Waals surface area contributed by atoms with E-state index < -0.39 is 0 Å². The summed E-state index contributed by atoms with van der Waals surface area (Å²) in [6, 6.07) is 18.7. The van der Waals surface area contributed by atoms with Crippen molar-refractivity contribution in [3.05, 3.63) is 84.6 Å². The van der Waals surface area contributed by atoms with Gasteiger partial charge < -0.3 is 4.90 Å². The van der Waals surface area contributed by atoms with Gasteiger partial charge in [0.25, 0.3) is 0 Å². The molecule has 2 atom stereocenters. The molecule has 0 bridgehead atoms. The van der Waals surface area contributed by atoms with Crippen LogP contribution in [0.1, 0.15) is 63.5 Å². The van der Waals surface area contributed by atoms with E-state index >= 15 is 0 Å². The first-order chi connectivity index (χ1) is 14.7. The molecule has 1 fully saturated rings. The summed E-state index contributed by atoms with van der Waals surface area (Å²) >= 11 is 0. The summed E-state index contributed by atoms with van der Waals surface area (Å²) in [5.74, 6) is 0.772. The van der Waals surface area contributed by atoms with E-state index in [-0.39, 0.29) is 0 Å². The van der Waals surface area contributed by atoms with Crippen LogP contribution in [0.2, 0.25) is 0 Å². The number of aryl methyl sites for hydroxylation is 1. The van der Waals surface area contributed by atoms with Crippen LogP contribution in [-0.4, -0.2) is 17.5 Å². The fraction of sp³-hybridized carbons (Fsp3) is 0.448. The van der Waals surface area contributed by atoms with E-state index in [1.54, 1.807) is 0 Å². The summed E-state index contributed by atoms with van der Waals surface area (Å²) in [6.45, 7) is 14.1. The predicted molar refractivity (Wildman–Crippen MR) is 132 cm³/mol. The largest absolute Gasteiger partial charge is 0.372 e. The second-order valence-corrected chi connectivity index (χ2v) is 8.78. The maximum atomic E-state index is 4.42. The molecule has 30 heavy (non-hydrogen) atoms. The van der Waals surface area contributed by atoms with Gasteiger partial charge in [0.05, 0.1) is 0 Å². The molecule has 2 unspecified atom stereocenters. The molecular formula is C29H39N. The molecular weight excluding hydrogens is 362 g/mol. The molecule has 160 valence electrons. The zero-order chi connectivity index (χ0) is 21.3. The van der Waals surface area contributed by atoms with Crippen LogP contribution in [0.15, 0.2) is 73.5 Å². The zero-order valence-corrected chi connectivity index (χ0v) is 19.1. The highest BCUT2D eigenvalue weighted by Gasteiger charge is 2.33. The molecule has 1 aliphatic heterocycles. The third-order valence-corrected chi connectivity index (χ3v) is 6.71. The van der Waals surface area contributed by atoms with Gasteiger partial charge in [0.15, 0.2) is 0 Å². The van der Waals surface area contributed by atoms with Crippen molar-refractivity contribution in [3.63, 3.8) is 0 Å². The summed E-state index contributed by atoms with van der Waals surface area (Å²) in [7, 11) is 0. The Bertz CT molecular complexity index is 834. The van der Waals surface area contributed by atoms with Gasteiger partial charge in [-0.05, 0) is 66.7 Å². The molecule has 0 spiro atoms. The molecule has 1 heteroatoms. The highest BCUT2D eigenvalue weighted by atomic mass is 15.2. The van der Waals surface area contributed by atoms with Crippen molar-refractivity contribution >= 4 is 0 Å². The van der Waals surface area contributed by atoms with Crippen molar-refractivity contribution in [1.29, 1.82) is 0 Å². The summed E-state index contributed by atoms with van der Waals surface area (Å²) < 4.78 is 0. The lowest BCUT2D eigenvalue weighted by Gasteiger charge is -2.31. The van der Waals surface area contributed by atoms with Crippen molar-refractivity contribution in [2.24, 2.45) is 5.92 Å². The molecule has 0 aliphatic carbocycles. The fourth-order valence-corrected chi connectivity index (χ4v) is 5.06. The molecule has 0 aromatic heterocycles. The van der Waals surface area contributed by atoms with E-state index in [2.05, 4.69) is 80.4 Å². The highest BCUT2D eigenvalue weighted by molar-refractivity contribution is 5.68. The maximum absolute atomic E-state index is 4.42. The molecule has 0 N–H and O–H groups in total. The Morgan fingerprint density at radius 1 is 1.13 bits per heavy atom. The summed E-state index contributed by atoms with van der Waals surface area (Å²) in [6.07, 6.45) is 11.3. The minimum Gasteiger partial charge on any atom is -0.372 e. The number of rotatable bonds is 11. The number of nitrogens with zero attached hydrogens (tertiary/aromatic N) is 1. The van der Waals surface area contributed by atoms with Gasteiger partial charge in [-0.15, -0.1) is 6.58 Å². The Kier molecular flexibility index (Phi) is 8.37. The van der Waals surface area contributed by atoms with Crippen molar-refractivity contribution in [2.75, 3.05) is 6.54 Å². The first-order valence-corrected chi connectivity index (χ1v) is 11.9. The van der Waals surface area contributed by atoms with Gasteiger partial charge >= 0.3 is 0 Å². The molecule has 2 aromatic rings. The van der Waals surface area contributed by atoms with Crippen LogP contribution in [0.4, 0.5) is 0 Å². The van der Waals surface area contributed by atoms with Gasteiger partial charge in [-0.25, -0.2) is 0 Å². The first kappa shape index (κ1) is 22.4. The number of benzene rings is 2. The average molecular weight is 402 g/mol. The third kappa shape index (κ3) is 5.45. The Hall–Kier alpha value is -2.28. The molecule has 1 aliphatic rings. The fourth-order valence-electron chi connectivity index (χ4n) is 5.06. The van der Waals surface area contributed by atoms with Crippen molar-refractivity contribution < 1.29 is 0 Å². The van der Waals surface area contributed by atoms with Gasteiger partial charge in [-0.1, -0.05) is 87.9 Å². The molecule has 0 amide bonds. The molecule has 1 nitrogen and oxygen atoms in total. The van der Waals surface area contributed by atoms with Gasteiger partial charge in [-0.3, -0.25) is 0 Å². The number of hydrogen-bond donors (Lipinski definition) is 0. The molecule has 3 rings (SSSR count). The molecule has 2 aromatic carbocycles. The second-order valence-electron chi connectivity index (χ2n) is 8.78. The van der Waals surface area contributed by atoms with Crippen LogP contribution < -0.4 is 0 Å². The Morgan fingerprint density at radius 2 is 1.97 bits per heavy atom. The van der Waals surface area contributed by atoms with Crippen LogP contribution in [-0.2, 0) is 12.8 Å². The third-order valence-electron chi connectivity index (χ3n) is 6.71. The lowest BCUT2D eigenvalue weighted by Crippen LogP contribution is -2.33. The van der Waals surface area contributed by atoms with E-state index in [9.17, 15) is 0 Å². The van der Waals surface area contributed by atoms with Gasteiger partial charge in [0, 0.05) is 18.3 Å². The Labute approximate surface area is 184 Å². The van der Waals surface area contributed by atoms with E-state index in [1.807, 2.05) is 6.08 Å². The van der Waals surface area contributed by atoms with Gasteiger partial charge in [-0.2, -0.15) is 0 Å². The maximum Gasteiger partial charge on any atom is 0.0355 e. The van der Waals surface area contributed by atoms with Crippen LogP contribution in [0.5, 0.6) is 0 Å². The van der Waals surface area contributed by atoms with Gasteiger partial charge in [0.1, 0.15) is 0 Å². The number of hydrogen-bond acceptors (Lipinski definition) is 1. The molecule has 0 saturated carbocycles. The van der Waals surface area contributed by atoms with E-state index in [1.165, 1.54) is 53.8 Å². The van der Waals surface area contributed by atoms with Crippen LogP contribution in [0.25, 0.3) is 11.1 Å². The lowest BCUT2D eigenvalue weighted by atomic mass is 9.90. The van der Waals surface area contributed by atoms with Crippen LogP contribution in [0.3, 0.4) is 0 Å². The van der Waals surface area contributed by atoms with Crippen LogP contribution >= 0.6 is 0 Å². The highest BCUT2D eigenvalue weighted by Crippen LogP contribution is 2.34. The van der Waals surface area contributed by atoms with E-state index in [0.717, 1.165) is 38.0 Å². The second kappa shape index (κ2) is 11.2. The molecule has 1 saturated heterocycles. The van der Waals surface area contributed by atoms with Crippen LogP contribution in [0, 0.1) is 5.92 Å². The summed E-state index contributed by atoms with van der Waals surface area (Å²) in [5.41, 5.74) is 6.97. The normalized spacial score (nSPS) is 18.5. The van der Waals surface area contributed by atoms with Crippen molar-refractivity contribution in [3.8, 4) is 11.1 Å². The number of allylic oxidation sites excluding steroid dienone is 2. The quantitative estimate of drug-likeness (QED) is 0.274. The van der Waals surface area contributed by atoms with Crippen molar-refractivity contribution in [1.82, 2.24) is 4.90 Å². The minimum atomic E-state index is 0.590. The van der Waals surface area contributed by atoms with E-state index in [0.29, 0.717) is 6.04 Å². The lowest BCUT2D eigenvalue weighted by molar-refractivity contribution is 0.267. The topological polar surface area (TPSA) is 3.24 Å². The Balaban J connectivity index is 1.81. The molecule has 0 radical (unpaired) electrons. The standard InChI is InChI=1S/C29H39N/c1-5-8-9-15-26-16-10-11-18-28(26)27-17-12-14-24(21-27)22-29-25(7-3)19-20-30(29)23(4)13-6-2/h5,10-12,14,16-18,21,25,29H,1,4,6-9,13,15,19-20,22H2,2-3H3. The number of unbranched alkanes of at least 4 members (excludes halogenated alkanes) is 1. The Morgan fingerprint density at radius 3 is 2.73 bits per heavy atom. The predicted octanol–water partition coefficient (Wildman–Crippen LogP) is 7.82. The number of likely N-dealkylation sites (tertiary alicyclic amines) is 1. The summed E-state index contributed by atoms with van der Waals surface area (Å²) in [5, 5.41) is 0. The molecule has 1 heterocycles. The van der Waals surface area contributed by atoms with Crippen molar-refractivity contribution in [2.45, 2.75) is 71.3 Å². The van der Waals surface area contributed by atoms with Gasteiger partial charge in [0.2, 0.25) is 0 Å². The smallest absolute Gasteiger partial charge is 0.0355 e.